The lowest BCUT2D eigenvalue weighted by atomic mass is 10.4. The summed E-state index contributed by atoms with van der Waals surface area (Å²) in [7, 11) is 0. The molecule has 0 saturated carbocycles. The zero-order chi connectivity index (χ0) is 11.8. The number of rotatable bonds is 2. The summed E-state index contributed by atoms with van der Waals surface area (Å²) in [6.45, 7) is 2.67. The first-order valence-corrected chi connectivity index (χ1v) is 6.47. The van der Waals surface area contributed by atoms with Gasteiger partial charge in [-0.05, 0) is 31.3 Å². The van der Waals surface area contributed by atoms with Crippen LogP contribution in [0.15, 0.2) is 23.7 Å². The smallest absolute Gasteiger partial charge is 0.179 e. The lowest BCUT2D eigenvalue weighted by Gasteiger charge is -2.00. The molecule has 3 rings (SSSR count). The van der Waals surface area contributed by atoms with E-state index in [2.05, 4.69) is 20.3 Å². The Bertz CT molecular complexity index is 722. The molecule has 1 N–H and O–H groups in total. The molecule has 3 aromatic heterocycles. The lowest BCUT2D eigenvalue weighted by Crippen LogP contribution is -2.01. The summed E-state index contributed by atoms with van der Waals surface area (Å²) in [6.07, 6.45) is 1.77. The van der Waals surface area contributed by atoms with E-state index >= 15 is 0 Å². The Morgan fingerprint density at radius 1 is 1.53 bits per heavy atom. The highest BCUT2D eigenvalue weighted by Crippen LogP contribution is 2.14. The molecule has 0 spiro atoms. The number of imidazole rings is 1. The molecule has 0 aliphatic heterocycles. The summed E-state index contributed by atoms with van der Waals surface area (Å²) in [6, 6.07) is 3.87. The molecular formula is C11H10N4S2. The normalized spacial score (nSPS) is 11.1. The Morgan fingerprint density at radius 2 is 2.41 bits per heavy atom. The quantitative estimate of drug-likeness (QED) is 0.722. The van der Waals surface area contributed by atoms with E-state index in [1.165, 1.54) is 0 Å². The van der Waals surface area contributed by atoms with E-state index in [4.69, 9.17) is 12.2 Å². The molecule has 17 heavy (non-hydrogen) atoms. The van der Waals surface area contributed by atoms with E-state index < -0.39 is 0 Å². The van der Waals surface area contributed by atoms with Gasteiger partial charge < -0.3 is 4.98 Å². The van der Waals surface area contributed by atoms with Gasteiger partial charge in [0.1, 0.15) is 0 Å². The fraction of sp³-hybridized carbons (Fsp3) is 0.182. The third-order valence-electron chi connectivity index (χ3n) is 2.52. The number of hydrogen-bond acceptors (Lipinski definition) is 4. The van der Waals surface area contributed by atoms with Crippen LogP contribution in [-0.4, -0.2) is 19.5 Å². The fourth-order valence-corrected chi connectivity index (χ4v) is 2.64. The number of H-pyrrole nitrogens is 1. The molecule has 0 aromatic carbocycles. The Hall–Kier alpha value is -1.53. The molecule has 0 aliphatic carbocycles. The highest BCUT2D eigenvalue weighted by molar-refractivity contribution is 7.71. The maximum absolute atomic E-state index is 5.30. The highest BCUT2D eigenvalue weighted by atomic mass is 32.1. The first kappa shape index (κ1) is 10.6. The van der Waals surface area contributed by atoms with Gasteiger partial charge in [-0.25, -0.2) is 9.97 Å². The van der Waals surface area contributed by atoms with E-state index in [1.54, 1.807) is 17.5 Å². The van der Waals surface area contributed by atoms with Gasteiger partial charge in [0.15, 0.2) is 10.4 Å². The van der Waals surface area contributed by atoms with Crippen LogP contribution >= 0.6 is 23.6 Å². The first-order chi connectivity index (χ1) is 8.24. The molecule has 0 saturated heterocycles. The number of aromatic amines is 1. The van der Waals surface area contributed by atoms with E-state index in [1.807, 2.05) is 23.6 Å². The van der Waals surface area contributed by atoms with Crippen LogP contribution in [0.3, 0.4) is 0 Å². The second-order valence-corrected chi connectivity index (χ2v) is 5.20. The van der Waals surface area contributed by atoms with E-state index in [-0.39, 0.29) is 0 Å². The number of fused-ring (bicyclic) bond motifs is 1. The minimum Gasteiger partial charge on any atom is -0.329 e. The Morgan fingerprint density at radius 3 is 3.18 bits per heavy atom. The molecule has 0 unspecified atom stereocenters. The van der Waals surface area contributed by atoms with Crippen LogP contribution in [0.25, 0.3) is 11.2 Å². The van der Waals surface area contributed by atoms with Crippen LogP contribution in [0.5, 0.6) is 0 Å². The van der Waals surface area contributed by atoms with Crippen molar-refractivity contribution in [1.29, 1.82) is 0 Å². The molecule has 6 heteroatoms. The van der Waals surface area contributed by atoms with Crippen LogP contribution in [0.4, 0.5) is 0 Å². The third-order valence-corrected chi connectivity index (χ3v) is 3.66. The summed E-state index contributed by atoms with van der Waals surface area (Å²) in [4.78, 5) is 11.9. The molecule has 0 aliphatic rings. The van der Waals surface area contributed by atoms with Crippen molar-refractivity contribution in [3.8, 4) is 0 Å². The summed E-state index contributed by atoms with van der Waals surface area (Å²) < 4.78 is 2.66. The van der Waals surface area contributed by atoms with Gasteiger partial charge in [-0.1, -0.05) is 0 Å². The third kappa shape index (κ3) is 1.89. The Labute approximate surface area is 107 Å². The summed E-state index contributed by atoms with van der Waals surface area (Å²) in [5.74, 6) is 0. The van der Waals surface area contributed by atoms with Crippen molar-refractivity contribution in [1.82, 2.24) is 19.5 Å². The first-order valence-electron chi connectivity index (χ1n) is 5.18. The van der Waals surface area contributed by atoms with Gasteiger partial charge in [0.2, 0.25) is 0 Å². The SMILES string of the molecule is Cc1nc(Cn2c(=S)[nH]c3cccnc32)cs1. The van der Waals surface area contributed by atoms with Crippen molar-refractivity contribution in [3.05, 3.63) is 39.2 Å². The molecule has 0 atom stereocenters. The Kier molecular flexibility index (Phi) is 2.53. The fourth-order valence-electron chi connectivity index (χ4n) is 1.78. The van der Waals surface area contributed by atoms with Crippen molar-refractivity contribution < 1.29 is 0 Å². The molecule has 86 valence electrons. The van der Waals surface area contributed by atoms with Gasteiger partial charge in [-0.3, -0.25) is 4.57 Å². The van der Waals surface area contributed by atoms with E-state index in [0.717, 1.165) is 21.9 Å². The number of aromatic nitrogens is 4. The van der Waals surface area contributed by atoms with Crippen LogP contribution in [0.2, 0.25) is 0 Å². The molecule has 0 radical (unpaired) electrons. The number of hydrogen-bond donors (Lipinski definition) is 1. The maximum Gasteiger partial charge on any atom is 0.179 e. The number of aryl methyl sites for hydroxylation is 1. The molecule has 0 fully saturated rings. The minimum absolute atomic E-state index is 0.667. The van der Waals surface area contributed by atoms with Gasteiger partial charge in [0.25, 0.3) is 0 Å². The van der Waals surface area contributed by atoms with Gasteiger partial charge in [0, 0.05) is 11.6 Å². The van der Waals surface area contributed by atoms with Gasteiger partial charge in [-0.2, -0.15) is 0 Å². The molecule has 3 aromatic rings. The Balaban J connectivity index is 2.11. The zero-order valence-electron chi connectivity index (χ0n) is 9.17. The second-order valence-electron chi connectivity index (χ2n) is 3.75. The van der Waals surface area contributed by atoms with Gasteiger partial charge >= 0.3 is 0 Å². The molecule has 4 nitrogen and oxygen atoms in total. The monoisotopic (exact) mass is 262 g/mol. The largest absolute Gasteiger partial charge is 0.329 e. The topological polar surface area (TPSA) is 46.5 Å². The molecule has 0 amide bonds. The zero-order valence-corrected chi connectivity index (χ0v) is 10.8. The predicted octanol–water partition coefficient (Wildman–Crippen LogP) is 2.91. The maximum atomic E-state index is 5.30. The molecule has 0 bridgehead atoms. The average Bonchev–Trinajstić information content (AvgIpc) is 2.85. The molecule has 3 heterocycles. The summed E-state index contributed by atoms with van der Waals surface area (Å²) >= 11 is 6.95. The van der Waals surface area contributed by atoms with E-state index in [9.17, 15) is 0 Å². The van der Waals surface area contributed by atoms with Gasteiger partial charge in [0.05, 0.1) is 22.8 Å². The summed E-state index contributed by atoms with van der Waals surface area (Å²) in [5.41, 5.74) is 2.86. The average molecular weight is 262 g/mol. The van der Waals surface area contributed by atoms with Crippen LogP contribution in [-0.2, 0) is 6.54 Å². The van der Waals surface area contributed by atoms with Gasteiger partial charge in [-0.15, -0.1) is 11.3 Å². The van der Waals surface area contributed by atoms with Crippen molar-refractivity contribution in [3.63, 3.8) is 0 Å². The number of nitrogens with zero attached hydrogens (tertiary/aromatic N) is 3. The number of nitrogens with one attached hydrogen (secondary N) is 1. The van der Waals surface area contributed by atoms with Crippen molar-refractivity contribution >= 4 is 34.7 Å². The second kappa shape index (κ2) is 4.05. The van der Waals surface area contributed by atoms with E-state index in [0.29, 0.717) is 11.3 Å². The highest BCUT2D eigenvalue weighted by Gasteiger charge is 2.07. The number of pyridine rings is 1. The minimum atomic E-state index is 0.667. The van der Waals surface area contributed by atoms with Crippen molar-refractivity contribution in [2.75, 3.05) is 0 Å². The summed E-state index contributed by atoms with van der Waals surface area (Å²) in [5, 5.41) is 3.12. The molecular weight excluding hydrogens is 252 g/mol. The van der Waals surface area contributed by atoms with Crippen LogP contribution < -0.4 is 0 Å². The van der Waals surface area contributed by atoms with Crippen LogP contribution in [0.1, 0.15) is 10.7 Å². The number of thiazole rings is 1. The van der Waals surface area contributed by atoms with Crippen molar-refractivity contribution in [2.24, 2.45) is 0 Å². The predicted molar refractivity (Wildman–Crippen MR) is 70.9 cm³/mol. The standard InChI is InChI=1S/C11H10N4S2/c1-7-13-8(6-17-7)5-15-10-9(14-11(15)16)3-2-4-12-10/h2-4,6H,5H2,1H3,(H,14,16). The van der Waals surface area contributed by atoms with Crippen molar-refractivity contribution in [2.45, 2.75) is 13.5 Å². The van der Waals surface area contributed by atoms with Crippen LogP contribution in [0, 0.1) is 11.7 Å². The lowest BCUT2D eigenvalue weighted by molar-refractivity contribution is 0.780.